The number of rotatable bonds is 10. The van der Waals surface area contributed by atoms with Crippen LogP contribution in [-0.2, 0) is 23.0 Å². The van der Waals surface area contributed by atoms with Crippen LogP contribution >= 0.6 is 23.4 Å². The van der Waals surface area contributed by atoms with Crippen LogP contribution in [0.25, 0.3) is 0 Å². The highest BCUT2D eigenvalue weighted by molar-refractivity contribution is 8.00. The molecule has 3 aromatic rings. The number of thioether (sulfide) groups is 1. The second-order valence-electron chi connectivity index (χ2n) is 6.14. The zero-order valence-electron chi connectivity index (χ0n) is 15.9. The van der Waals surface area contributed by atoms with E-state index in [4.69, 9.17) is 16.3 Å². The molecule has 0 saturated heterocycles. The lowest BCUT2D eigenvalue weighted by molar-refractivity contribution is 0.275. The van der Waals surface area contributed by atoms with Gasteiger partial charge in [-0.3, -0.25) is 4.57 Å². The van der Waals surface area contributed by atoms with Gasteiger partial charge in [-0.25, -0.2) is 12.8 Å². The maximum atomic E-state index is 13.7. The molecule has 10 heteroatoms. The van der Waals surface area contributed by atoms with Crippen molar-refractivity contribution in [1.29, 1.82) is 0 Å². The van der Waals surface area contributed by atoms with Gasteiger partial charge in [0.05, 0.1) is 10.6 Å². The van der Waals surface area contributed by atoms with Crippen molar-refractivity contribution >= 4 is 33.2 Å². The molecule has 30 heavy (non-hydrogen) atoms. The number of allylic oxidation sites excluding steroid dienone is 1. The van der Waals surface area contributed by atoms with Crippen LogP contribution in [0.3, 0.4) is 0 Å². The molecule has 158 valence electrons. The van der Waals surface area contributed by atoms with Gasteiger partial charge in [-0.05, 0) is 36.4 Å². The Bertz CT molecular complexity index is 1120. The summed E-state index contributed by atoms with van der Waals surface area (Å²) in [5, 5.41) is 9.22. The SMILES string of the molecule is C=CCn1c(COc2ccccc2F)nnc1SCCS(=O)(=O)c1ccc(Cl)cc1. The minimum atomic E-state index is -3.44. The fraction of sp³-hybridized carbons (Fsp3) is 0.200. The highest BCUT2D eigenvalue weighted by Gasteiger charge is 2.17. The molecule has 0 atom stereocenters. The highest BCUT2D eigenvalue weighted by Crippen LogP contribution is 2.22. The molecule has 0 radical (unpaired) electrons. The first kappa shape index (κ1) is 22.3. The summed E-state index contributed by atoms with van der Waals surface area (Å²) in [6, 6.07) is 12.2. The van der Waals surface area contributed by atoms with E-state index in [9.17, 15) is 12.8 Å². The molecule has 0 bridgehead atoms. The van der Waals surface area contributed by atoms with E-state index in [1.165, 1.54) is 36.0 Å². The predicted octanol–water partition coefficient (Wildman–Crippen LogP) is 4.40. The van der Waals surface area contributed by atoms with Gasteiger partial charge < -0.3 is 4.74 Å². The van der Waals surface area contributed by atoms with Crippen molar-refractivity contribution in [2.75, 3.05) is 11.5 Å². The average Bonchev–Trinajstić information content (AvgIpc) is 3.09. The van der Waals surface area contributed by atoms with Gasteiger partial charge in [0.15, 0.2) is 32.4 Å². The normalized spacial score (nSPS) is 11.4. The minimum absolute atomic E-state index is 0.0193. The maximum Gasteiger partial charge on any atom is 0.191 e. The molecule has 6 nitrogen and oxygen atoms in total. The van der Waals surface area contributed by atoms with Crippen LogP contribution < -0.4 is 4.74 Å². The Labute approximate surface area is 183 Å². The zero-order valence-corrected chi connectivity index (χ0v) is 18.3. The van der Waals surface area contributed by atoms with Gasteiger partial charge in [-0.15, -0.1) is 16.8 Å². The van der Waals surface area contributed by atoms with Crippen LogP contribution in [0.1, 0.15) is 5.82 Å². The van der Waals surface area contributed by atoms with Crippen molar-refractivity contribution in [2.24, 2.45) is 0 Å². The molecule has 2 aromatic carbocycles. The molecule has 0 unspecified atom stereocenters. The average molecular weight is 468 g/mol. The molecular weight excluding hydrogens is 449 g/mol. The fourth-order valence-corrected chi connectivity index (χ4v) is 5.29. The lowest BCUT2D eigenvalue weighted by atomic mass is 10.3. The number of sulfone groups is 1. The Morgan fingerprint density at radius 3 is 2.60 bits per heavy atom. The Kier molecular flexibility index (Phi) is 7.52. The maximum absolute atomic E-state index is 13.7. The molecular formula is C20H19ClFN3O3S2. The Morgan fingerprint density at radius 1 is 1.17 bits per heavy atom. The van der Waals surface area contributed by atoms with E-state index in [1.54, 1.807) is 34.9 Å². The van der Waals surface area contributed by atoms with Gasteiger partial charge in [-0.2, -0.15) is 0 Å². The second kappa shape index (κ2) is 10.1. The third kappa shape index (κ3) is 5.62. The van der Waals surface area contributed by atoms with E-state index in [0.29, 0.717) is 22.5 Å². The Balaban J connectivity index is 1.65. The molecule has 0 amide bonds. The molecule has 0 spiro atoms. The first-order valence-electron chi connectivity index (χ1n) is 8.92. The van der Waals surface area contributed by atoms with Crippen LogP contribution in [-0.4, -0.2) is 34.7 Å². The quantitative estimate of drug-likeness (QED) is 0.325. The van der Waals surface area contributed by atoms with Crippen LogP contribution in [0.4, 0.5) is 4.39 Å². The van der Waals surface area contributed by atoms with Crippen molar-refractivity contribution < 1.29 is 17.5 Å². The van der Waals surface area contributed by atoms with E-state index < -0.39 is 15.7 Å². The van der Waals surface area contributed by atoms with E-state index in [0.717, 1.165) is 0 Å². The zero-order chi connectivity index (χ0) is 21.6. The fourth-order valence-electron chi connectivity index (χ4n) is 2.55. The summed E-state index contributed by atoms with van der Waals surface area (Å²) in [5.41, 5.74) is 0. The van der Waals surface area contributed by atoms with Crippen molar-refractivity contribution in [3.05, 3.63) is 77.9 Å². The number of hydrogen-bond donors (Lipinski definition) is 0. The molecule has 1 heterocycles. The number of hydrogen-bond acceptors (Lipinski definition) is 6. The first-order valence-corrected chi connectivity index (χ1v) is 11.9. The first-order chi connectivity index (χ1) is 14.4. The minimum Gasteiger partial charge on any atom is -0.483 e. The topological polar surface area (TPSA) is 74.1 Å². The summed E-state index contributed by atoms with van der Waals surface area (Å²) in [6.45, 7) is 4.15. The van der Waals surface area contributed by atoms with Gasteiger partial charge in [-0.1, -0.05) is 41.6 Å². The lowest BCUT2D eigenvalue weighted by Gasteiger charge is -2.10. The number of para-hydroxylation sites is 1. The van der Waals surface area contributed by atoms with Crippen LogP contribution in [0.2, 0.25) is 5.02 Å². The number of ether oxygens (including phenoxy) is 1. The van der Waals surface area contributed by atoms with Gasteiger partial charge in [0.25, 0.3) is 0 Å². The molecule has 0 fully saturated rings. The molecule has 0 aliphatic carbocycles. The second-order valence-corrected chi connectivity index (χ2v) is 9.75. The van der Waals surface area contributed by atoms with E-state index in [2.05, 4.69) is 16.8 Å². The number of nitrogens with zero attached hydrogens (tertiary/aromatic N) is 3. The standard InChI is InChI=1S/C20H19ClFN3O3S2/c1-2-11-25-19(14-28-18-6-4-3-5-17(18)22)23-24-20(25)29-12-13-30(26,27)16-9-7-15(21)8-10-16/h2-10H,1,11-14H2. The summed E-state index contributed by atoms with van der Waals surface area (Å²) < 4.78 is 45.9. The molecule has 0 aliphatic heterocycles. The molecule has 3 rings (SSSR count). The monoisotopic (exact) mass is 467 g/mol. The van der Waals surface area contributed by atoms with E-state index in [1.807, 2.05) is 0 Å². The van der Waals surface area contributed by atoms with E-state index in [-0.39, 0.29) is 28.8 Å². The van der Waals surface area contributed by atoms with Crippen LogP contribution in [0.5, 0.6) is 5.75 Å². The predicted molar refractivity (Wildman–Crippen MR) is 115 cm³/mol. The lowest BCUT2D eigenvalue weighted by Crippen LogP contribution is -2.10. The van der Waals surface area contributed by atoms with Crippen LogP contribution in [0.15, 0.2) is 71.2 Å². The third-order valence-corrected chi connectivity index (χ3v) is 7.27. The Hall–Kier alpha value is -2.36. The summed E-state index contributed by atoms with van der Waals surface area (Å²) in [4.78, 5) is 0.221. The van der Waals surface area contributed by atoms with Gasteiger partial charge in [0.1, 0.15) is 6.61 Å². The summed E-state index contributed by atoms with van der Waals surface area (Å²) in [7, 11) is -3.44. The van der Waals surface area contributed by atoms with Crippen LogP contribution in [0, 0.1) is 5.82 Å². The van der Waals surface area contributed by atoms with Crippen molar-refractivity contribution in [3.8, 4) is 5.75 Å². The van der Waals surface area contributed by atoms with Crippen molar-refractivity contribution in [2.45, 2.75) is 23.2 Å². The summed E-state index contributed by atoms with van der Waals surface area (Å²) in [6.07, 6.45) is 1.67. The third-order valence-electron chi connectivity index (χ3n) is 4.05. The largest absolute Gasteiger partial charge is 0.483 e. The van der Waals surface area contributed by atoms with Gasteiger partial charge >= 0.3 is 0 Å². The van der Waals surface area contributed by atoms with Crippen molar-refractivity contribution in [3.63, 3.8) is 0 Å². The van der Waals surface area contributed by atoms with E-state index >= 15 is 0 Å². The van der Waals surface area contributed by atoms with Gasteiger partial charge in [0.2, 0.25) is 0 Å². The molecule has 0 N–H and O–H groups in total. The van der Waals surface area contributed by atoms with Crippen molar-refractivity contribution in [1.82, 2.24) is 14.8 Å². The highest BCUT2D eigenvalue weighted by atomic mass is 35.5. The molecule has 1 aromatic heterocycles. The number of aromatic nitrogens is 3. The molecule has 0 aliphatic rings. The summed E-state index contributed by atoms with van der Waals surface area (Å²) >= 11 is 7.08. The number of benzene rings is 2. The smallest absolute Gasteiger partial charge is 0.191 e. The number of halogens is 2. The molecule has 0 saturated carbocycles. The van der Waals surface area contributed by atoms with Gasteiger partial charge in [0, 0.05) is 17.3 Å². The Morgan fingerprint density at radius 2 is 1.90 bits per heavy atom. The summed E-state index contributed by atoms with van der Waals surface area (Å²) in [5.74, 6) is 0.361.